The first-order valence-electron chi connectivity index (χ1n) is 8.48. The Balaban J connectivity index is 2.40. The van der Waals surface area contributed by atoms with Gasteiger partial charge in [-0.15, -0.1) is 0 Å². The zero-order chi connectivity index (χ0) is 19.9. The molecule has 2 rings (SSSR count). The number of amides is 1. The summed E-state index contributed by atoms with van der Waals surface area (Å²) in [6.45, 7) is 4.62. The zero-order valence-corrected chi connectivity index (χ0v) is 15.8. The Hall–Kier alpha value is -3.09. The number of nitrogens with one attached hydrogen (secondary N) is 1. The van der Waals surface area contributed by atoms with Gasteiger partial charge in [0.1, 0.15) is 17.3 Å². The van der Waals surface area contributed by atoms with Crippen LogP contribution < -0.4 is 14.8 Å². The summed E-state index contributed by atoms with van der Waals surface area (Å²) in [4.78, 5) is 16.3. The van der Waals surface area contributed by atoms with E-state index in [0.29, 0.717) is 36.2 Å². The van der Waals surface area contributed by atoms with Crippen molar-refractivity contribution in [1.29, 1.82) is 0 Å². The van der Waals surface area contributed by atoms with Crippen LogP contribution >= 0.6 is 0 Å². The average Bonchev–Trinajstić information content (AvgIpc) is 2.69. The third-order valence-electron chi connectivity index (χ3n) is 3.95. The van der Waals surface area contributed by atoms with Crippen LogP contribution in [0.1, 0.15) is 13.8 Å². The number of carbonyl (C=O) groups excluding carboxylic acids is 1. The second-order valence-electron chi connectivity index (χ2n) is 5.49. The molecule has 1 aliphatic carbocycles. The van der Waals surface area contributed by atoms with E-state index in [1.54, 1.807) is 24.3 Å². The molecule has 0 spiro atoms. The molecule has 144 valence electrons. The highest BCUT2D eigenvalue weighted by Crippen LogP contribution is 2.31. The van der Waals surface area contributed by atoms with Crippen LogP contribution in [-0.2, 0) is 14.3 Å². The molecule has 0 radical (unpaired) electrons. The SMILES string of the molecule is CCOc1ccc(OCC)c(NC(=O)C2(OC)C=CC(OC)=CC2=[N+]=[N-])c1. The van der Waals surface area contributed by atoms with Crippen molar-refractivity contribution in [2.45, 2.75) is 19.4 Å². The topological polar surface area (TPSA) is 102 Å². The average molecular weight is 373 g/mol. The van der Waals surface area contributed by atoms with E-state index in [0.717, 1.165) is 0 Å². The molecule has 0 fully saturated rings. The number of rotatable bonds is 8. The van der Waals surface area contributed by atoms with Gasteiger partial charge in [0.2, 0.25) is 0 Å². The van der Waals surface area contributed by atoms with Crippen LogP contribution in [-0.4, -0.2) is 49.4 Å². The Morgan fingerprint density at radius 3 is 2.56 bits per heavy atom. The van der Waals surface area contributed by atoms with Crippen LogP contribution in [0, 0.1) is 0 Å². The van der Waals surface area contributed by atoms with E-state index in [4.69, 9.17) is 18.9 Å². The van der Waals surface area contributed by atoms with Crippen molar-refractivity contribution in [2.75, 3.05) is 32.8 Å². The van der Waals surface area contributed by atoms with Crippen LogP contribution in [0.4, 0.5) is 5.69 Å². The maximum atomic E-state index is 13.1. The predicted octanol–water partition coefficient (Wildman–Crippen LogP) is 2.58. The fourth-order valence-electron chi connectivity index (χ4n) is 2.62. The number of ether oxygens (including phenoxy) is 4. The van der Waals surface area contributed by atoms with Crippen molar-refractivity contribution < 1.29 is 28.5 Å². The number of nitrogens with zero attached hydrogens (tertiary/aromatic N) is 2. The van der Waals surface area contributed by atoms with Crippen molar-refractivity contribution in [2.24, 2.45) is 0 Å². The van der Waals surface area contributed by atoms with E-state index >= 15 is 0 Å². The van der Waals surface area contributed by atoms with Crippen LogP contribution in [0.3, 0.4) is 0 Å². The van der Waals surface area contributed by atoms with E-state index in [-0.39, 0.29) is 5.71 Å². The van der Waals surface area contributed by atoms with E-state index in [1.165, 1.54) is 26.4 Å². The van der Waals surface area contributed by atoms with Crippen LogP contribution in [0.15, 0.2) is 42.2 Å². The lowest BCUT2D eigenvalue weighted by Gasteiger charge is -2.25. The molecule has 1 N–H and O–H groups in total. The largest absolute Gasteiger partial charge is 0.496 e. The number of carbonyl (C=O) groups is 1. The summed E-state index contributed by atoms with van der Waals surface area (Å²) in [5, 5.41) is 2.77. The fourth-order valence-corrected chi connectivity index (χ4v) is 2.62. The lowest BCUT2D eigenvalue weighted by atomic mass is 9.91. The Bertz CT molecular complexity index is 812. The molecule has 0 saturated heterocycles. The molecular formula is C19H23N3O5. The first-order chi connectivity index (χ1) is 13.0. The quantitative estimate of drug-likeness (QED) is 0.557. The second kappa shape index (κ2) is 9.02. The van der Waals surface area contributed by atoms with E-state index in [9.17, 15) is 10.3 Å². The zero-order valence-electron chi connectivity index (χ0n) is 15.8. The highest BCUT2D eigenvalue weighted by molar-refractivity contribution is 6.21. The second-order valence-corrected chi connectivity index (χ2v) is 5.49. The molecule has 27 heavy (non-hydrogen) atoms. The van der Waals surface area contributed by atoms with Crippen molar-refractivity contribution in [1.82, 2.24) is 0 Å². The minimum Gasteiger partial charge on any atom is -0.496 e. The van der Waals surface area contributed by atoms with E-state index in [2.05, 4.69) is 10.1 Å². The first-order valence-corrected chi connectivity index (χ1v) is 8.48. The van der Waals surface area contributed by atoms with Gasteiger partial charge in [-0.3, -0.25) is 4.79 Å². The summed E-state index contributed by atoms with van der Waals surface area (Å²) in [5.41, 5.74) is 8.17. The molecule has 1 aliphatic rings. The molecular weight excluding hydrogens is 350 g/mol. The van der Waals surface area contributed by atoms with Gasteiger partial charge in [0.05, 0.1) is 32.1 Å². The predicted molar refractivity (Wildman–Crippen MR) is 100 cm³/mol. The van der Waals surface area contributed by atoms with Crippen molar-refractivity contribution >= 4 is 17.3 Å². The third kappa shape index (κ3) is 4.19. The van der Waals surface area contributed by atoms with Crippen LogP contribution in [0.5, 0.6) is 11.5 Å². The lowest BCUT2D eigenvalue weighted by Crippen LogP contribution is -2.51. The number of anilines is 1. The molecule has 8 nitrogen and oxygen atoms in total. The van der Waals surface area contributed by atoms with Crippen molar-refractivity contribution in [3.05, 3.63) is 47.7 Å². The molecule has 0 aliphatic heterocycles. The Labute approximate surface area is 158 Å². The number of allylic oxidation sites excluding steroid dienone is 1. The van der Waals surface area contributed by atoms with Gasteiger partial charge in [-0.1, -0.05) is 0 Å². The van der Waals surface area contributed by atoms with Gasteiger partial charge in [0, 0.05) is 13.2 Å². The number of hydrogen-bond acceptors (Lipinski definition) is 5. The monoisotopic (exact) mass is 373 g/mol. The van der Waals surface area contributed by atoms with Crippen molar-refractivity contribution in [3.63, 3.8) is 0 Å². The van der Waals surface area contributed by atoms with Gasteiger partial charge in [-0.2, -0.15) is 4.79 Å². The molecule has 0 saturated carbocycles. The maximum Gasteiger partial charge on any atom is 0.341 e. The number of methoxy groups -OCH3 is 2. The molecule has 1 aromatic rings. The summed E-state index contributed by atoms with van der Waals surface area (Å²) in [6.07, 6.45) is 4.45. The minimum atomic E-state index is -1.62. The molecule has 8 heteroatoms. The standard InChI is InChI=1S/C19H23N3O5/c1-5-26-14-7-8-16(27-6-2)15(11-14)21-18(23)19(25-4)10-9-13(24-3)12-17(19)22-20/h7-12H,5-6H2,1-4H3,(H,21,23). The fraction of sp³-hybridized carbons (Fsp3) is 0.368. The van der Waals surface area contributed by atoms with E-state index < -0.39 is 11.5 Å². The van der Waals surface area contributed by atoms with Crippen LogP contribution in [0.2, 0.25) is 0 Å². The van der Waals surface area contributed by atoms with Gasteiger partial charge in [0.15, 0.2) is 0 Å². The molecule has 1 aromatic carbocycles. The smallest absolute Gasteiger partial charge is 0.341 e. The number of hydrogen-bond donors (Lipinski definition) is 1. The maximum absolute atomic E-state index is 13.1. The van der Waals surface area contributed by atoms with Crippen molar-refractivity contribution in [3.8, 4) is 11.5 Å². The van der Waals surface area contributed by atoms with Gasteiger partial charge in [-0.05, 0) is 38.1 Å². The van der Waals surface area contributed by atoms with Gasteiger partial charge >= 0.3 is 5.71 Å². The Morgan fingerprint density at radius 1 is 1.22 bits per heavy atom. The molecule has 1 unspecified atom stereocenters. The molecule has 1 amide bonds. The summed E-state index contributed by atoms with van der Waals surface area (Å²) >= 11 is 0. The summed E-state index contributed by atoms with van der Waals surface area (Å²) in [6, 6.07) is 5.13. The molecule has 1 atom stereocenters. The summed E-state index contributed by atoms with van der Waals surface area (Å²) in [5.74, 6) is 0.933. The highest BCUT2D eigenvalue weighted by Gasteiger charge is 2.49. The van der Waals surface area contributed by atoms with E-state index in [1.807, 2.05) is 13.8 Å². The lowest BCUT2D eigenvalue weighted by molar-refractivity contribution is -0.130. The van der Waals surface area contributed by atoms with Gasteiger partial charge in [0.25, 0.3) is 11.5 Å². The Morgan fingerprint density at radius 2 is 1.96 bits per heavy atom. The molecule has 0 bridgehead atoms. The minimum absolute atomic E-state index is 0.0132. The number of benzene rings is 1. The normalized spacial score (nSPS) is 18.4. The van der Waals surface area contributed by atoms with Crippen LogP contribution in [0.25, 0.3) is 5.53 Å². The van der Waals surface area contributed by atoms with Gasteiger partial charge in [-0.25, -0.2) is 0 Å². The first kappa shape index (κ1) is 20.2. The Kier molecular flexibility index (Phi) is 6.76. The van der Waals surface area contributed by atoms with Gasteiger partial charge < -0.3 is 29.8 Å². The summed E-state index contributed by atoms with van der Waals surface area (Å²) < 4.78 is 21.6. The summed E-state index contributed by atoms with van der Waals surface area (Å²) in [7, 11) is 2.82. The third-order valence-corrected chi connectivity index (χ3v) is 3.95. The highest BCUT2D eigenvalue weighted by atomic mass is 16.5. The molecule has 0 heterocycles. The molecule has 0 aromatic heterocycles.